The lowest BCUT2D eigenvalue weighted by molar-refractivity contribution is 0.0547. The molecule has 5 rings (SSSR count). The molecule has 0 unspecified atom stereocenters. The topological polar surface area (TPSA) is 62.6 Å². The fourth-order valence-electron chi connectivity index (χ4n) is 4.93. The molecule has 2 aliphatic rings. The van der Waals surface area contributed by atoms with Gasteiger partial charge in [-0.05, 0) is 65.9 Å². The van der Waals surface area contributed by atoms with Crippen LogP contribution in [-0.2, 0) is 10.2 Å². The number of nitriles is 1. The van der Waals surface area contributed by atoms with Gasteiger partial charge in [0, 0.05) is 30.9 Å². The van der Waals surface area contributed by atoms with Crippen LogP contribution in [0.3, 0.4) is 0 Å². The number of methoxy groups -OCH3 is 1. The van der Waals surface area contributed by atoms with E-state index in [4.69, 9.17) is 9.47 Å². The molecule has 2 heterocycles. The zero-order chi connectivity index (χ0) is 22.1. The molecule has 0 radical (unpaired) electrons. The quantitative estimate of drug-likeness (QED) is 0.597. The van der Waals surface area contributed by atoms with Crippen LogP contribution in [0.5, 0.6) is 5.75 Å². The Labute approximate surface area is 187 Å². The number of benzene rings is 3. The molecule has 3 aromatic rings. The minimum atomic E-state index is -0.139. The van der Waals surface area contributed by atoms with Gasteiger partial charge in [-0.3, -0.25) is 4.79 Å². The van der Waals surface area contributed by atoms with Gasteiger partial charge in [0.15, 0.2) is 0 Å². The molecule has 5 heteroatoms. The number of hydrogen-bond donors (Lipinski definition) is 0. The molecule has 0 bridgehead atoms. The average Bonchev–Trinajstić information content (AvgIpc) is 3.17. The molecule has 1 saturated heterocycles. The highest BCUT2D eigenvalue weighted by Gasteiger charge is 2.46. The largest absolute Gasteiger partial charge is 0.497 e. The first-order chi connectivity index (χ1) is 15.6. The van der Waals surface area contributed by atoms with E-state index in [-0.39, 0.29) is 11.3 Å². The molecular weight excluding hydrogens is 400 g/mol. The van der Waals surface area contributed by atoms with Crippen LogP contribution in [0.25, 0.3) is 11.1 Å². The molecule has 3 aromatic carbocycles. The summed E-state index contributed by atoms with van der Waals surface area (Å²) in [6.45, 7) is 1.96. The van der Waals surface area contributed by atoms with E-state index in [1.54, 1.807) is 31.4 Å². The maximum absolute atomic E-state index is 13.6. The Morgan fingerprint density at radius 1 is 1.03 bits per heavy atom. The molecule has 1 spiro atoms. The summed E-state index contributed by atoms with van der Waals surface area (Å²) in [5.74, 6) is 0.689. The van der Waals surface area contributed by atoms with Gasteiger partial charge in [0.25, 0.3) is 5.91 Å². The Balaban J connectivity index is 1.61. The Morgan fingerprint density at radius 3 is 2.59 bits per heavy atom. The maximum atomic E-state index is 13.6. The highest BCUT2D eigenvalue weighted by Crippen LogP contribution is 2.48. The van der Waals surface area contributed by atoms with Crippen molar-refractivity contribution in [1.29, 1.82) is 5.26 Å². The molecule has 5 nitrogen and oxygen atoms in total. The molecule has 160 valence electrons. The summed E-state index contributed by atoms with van der Waals surface area (Å²) in [6.07, 6.45) is 1.73. The Morgan fingerprint density at radius 2 is 1.81 bits per heavy atom. The van der Waals surface area contributed by atoms with E-state index >= 15 is 0 Å². The second kappa shape index (κ2) is 8.14. The van der Waals surface area contributed by atoms with Crippen LogP contribution in [0.2, 0.25) is 0 Å². The number of hydrogen-bond acceptors (Lipinski definition) is 4. The van der Waals surface area contributed by atoms with Crippen molar-refractivity contribution in [2.45, 2.75) is 18.3 Å². The average molecular weight is 425 g/mol. The molecule has 0 N–H and O–H groups in total. The number of fused-ring (bicyclic) bond motifs is 2. The van der Waals surface area contributed by atoms with Gasteiger partial charge in [-0.2, -0.15) is 5.26 Å². The summed E-state index contributed by atoms with van der Waals surface area (Å²) in [5.41, 5.74) is 5.00. The number of ether oxygens (including phenoxy) is 2. The minimum Gasteiger partial charge on any atom is -0.497 e. The van der Waals surface area contributed by atoms with Crippen molar-refractivity contribution < 1.29 is 14.3 Å². The number of carbonyl (C=O) groups is 1. The first-order valence-electron chi connectivity index (χ1n) is 10.8. The number of nitrogens with zero attached hydrogens (tertiary/aromatic N) is 2. The van der Waals surface area contributed by atoms with E-state index in [0.29, 0.717) is 30.9 Å². The Kier molecular flexibility index (Phi) is 5.16. The maximum Gasteiger partial charge on any atom is 0.259 e. The molecule has 0 saturated carbocycles. The van der Waals surface area contributed by atoms with Gasteiger partial charge < -0.3 is 14.4 Å². The van der Waals surface area contributed by atoms with Crippen molar-refractivity contribution in [3.05, 3.63) is 83.4 Å². The van der Waals surface area contributed by atoms with Crippen LogP contribution >= 0.6 is 0 Å². The van der Waals surface area contributed by atoms with E-state index in [0.717, 1.165) is 35.4 Å². The van der Waals surface area contributed by atoms with Crippen LogP contribution in [0.4, 0.5) is 5.69 Å². The Hall–Kier alpha value is -3.62. The lowest BCUT2D eigenvalue weighted by Gasteiger charge is -2.34. The van der Waals surface area contributed by atoms with Crippen LogP contribution in [0.1, 0.15) is 34.3 Å². The van der Waals surface area contributed by atoms with Crippen molar-refractivity contribution in [1.82, 2.24) is 0 Å². The predicted octanol–water partition coefficient (Wildman–Crippen LogP) is 4.94. The third-order valence-electron chi connectivity index (χ3n) is 6.70. The number of carbonyl (C=O) groups excluding carboxylic acids is 1. The van der Waals surface area contributed by atoms with Crippen molar-refractivity contribution in [3.63, 3.8) is 0 Å². The lowest BCUT2D eigenvalue weighted by Crippen LogP contribution is -2.40. The normalized spacial score (nSPS) is 16.4. The summed E-state index contributed by atoms with van der Waals surface area (Å²) in [7, 11) is 1.67. The van der Waals surface area contributed by atoms with Crippen molar-refractivity contribution in [2.24, 2.45) is 0 Å². The van der Waals surface area contributed by atoms with Crippen molar-refractivity contribution >= 4 is 11.6 Å². The zero-order valence-corrected chi connectivity index (χ0v) is 18.0. The van der Waals surface area contributed by atoms with E-state index in [1.807, 2.05) is 29.2 Å². The fourth-order valence-corrected chi connectivity index (χ4v) is 4.93. The monoisotopic (exact) mass is 424 g/mol. The standard InChI is InChI=1S/C27H24N2O3/c1-31-22-7-4-6-19(15-22)20-9-10-25-24(16-20)27(11-13-32-14-12-27)18-29(25)26(30)23-8-3-2-5-21(23)17-28/h2-10,15-16H,11-14,18H2,1H3. The van der Waals surface area contributed by atoms with Gasteiger partial charge in [0.1, 0.15) is 5.75 Å². The first kappa shape index (κ1) is 20.3. The smallest absolute Gasteiger partial charge is 0.259 e. The van der Waals surface area contributed by atoms with E-state index < -0.39 is 0 Å². The van der Waals surface area contributed by atoms with Crippen LogP contribution in [-0.4, -0.2) is 32.8 Å². The number of rotatable bonds is 3. The van der Waals surface area contributed by atoms with Crippen LogP contribution in [0.15, 0.2) is 66.7 Å². The molecular formula is C27H24N2O3. The van der Waals surface area contributed by atoms with Crippen molar-refractivity contribution in [2.75, 3.05) is 31.8 Å². The van der Waals surface area contributed by atoms with Crippen molar-refractivity contribution in [3.8, 4) is 22.9 Å². The van der Waals surface area contributed by atoms with E-state index in [1.165, 1.54) is 5.56 Å². The second-order valence-electron chi connectivity index (χ2n) is 8.41. The van der Waals surface area contributed by atoms with Gasteiger partial charge in [0.2, 0.25) is 0 Å². The molecule has 32 heavy (non-hydrogen) atoms. The van der Waals surface area contributed by atoms with E-state index in [2.05, 4.69) is 24.3 Å². The SMILES string of the molecule is COc1cccc(-c2ccc3c(c2)C2(CCOCC2)CN3C(=O)c2ccccc2C#N)c1. The summed E-state index contributed by atoms with van der Waals surface area (Å²) in [6, 6.07) is 23.5. The molecule has 0 atom stereocenters. The van der Waals surface area contributed by atoms with Crippen LogP contribution in [0, 0.1) is 11.3 Å². The molecule has 2 aliphatic heterocycles. The Bertz CT molecular complexity index is 1220. The van der Waals surface area contributed by atoms with Gasteiger partial charge in [0.05, 0.1) is 24.3 Å². The van der Waals surface area contributed by atoms with Gasteiger partial charge in [-0.15, -0.1) is 0 Å². The number of amides is 1. The fraction of sp³-hybridized carbons (Fsp3) is 0.259. The summed E-state index contributed by atoms with van der Waals surface area (Å²) in [5, 5.41) is 9.51. The van der Waals surface area contributed by atoms with Gasteiger partial charge in [-0.1, -0.05) is 30.3 Å². The predicted molar refractivity (Wildman–Crippen MR) is 123 cm³/mol. The summed E-state index contributed by atoms with van der Waals surface area (Å²) < 4.78 is 11.1. The first-order valence-corrected chi connectivity index (χ1v) is 10.8. The summed E-state index contributed by atoms with van der Waals surface area (Å²) >= 11 is 0. The highest BCUT2D eigenvalue weighted by atomic mass is 16.5. The summed E-state index contributed by atoms with van der Waals surface area (Å²) in [4.78, 5) is 15.4. The minimum absolute atomic E-state index is 0.124. The molecule has 0 aliphatic carbocycles. The second-order valence-corrected chi connectivity index (χ2v) is 8.41. The number of anilines is 1. The van der Waals surface area contributed by atoms with Gasteiger partial charge in [-0.25, -0.2) is 0 Å². The molecule has 1 fully saturated rings. The third kappa shape index (κ3) is 3.34. The third-order valence-corrected chi connectivity index (χ3v) is 6.70. The molecule has 1 amide bonds. The molecule has 0 aromatic heterocycles. The highest BCUT2D eigenvalue weighted by molar-refractivity contribution is 6.09. The van der Waals surface area contributed by atoms with Gasteiger partial charge >= 0.3 is 0 Å². The zero-order valence-electron chi connectivity index (χ0n) is 18.0. The van der Waals surface area contributed by atoms with Crippen LogP contribution < -0.4 is 9.64 Å². The lowest BCUT2D eigenvalue weighted by atomic mass is 9.75. The van der Waals surface area contributed by atoms with E-state index in [9.17, 15) is 10.1 Å².